The zero-order chi connectivity index (χ0) is 13.9. The van der Waals surface area contributed by atoms with Crippen molar-refractivity contribution in [1.29, 1.82) is 0 Å². The number of pyridine rings is 1. The van der Waals surface area contributed by atoms with Gasteiger partial charge in [0.05, 0.1) is 11.2 Å². The Bertz CT molecular complexity index is 453. The number of amides is 1. The van der Waals surface area contributed by atoms with Gasteiger partial charge in [0, 0.05) is 20.3 Å². The fourth-order valence-electron chi connectivity index (χ4n) is 2.36. The maximum absolute atomic E-state index is 12.4. The third-order valence-corrected chi connectivity index (χ3v) is 3.58. The highest BCUT2D eigenvalue weighted by atomic mass is 16.2. The van der Waals surface area contributed by atoms with Crippen LogP contribution in [0.4, 0.5) is 11.5 Å². The van der Waals surface area contributed by atoms with Gasteiger partial charge in [0.15, 0.2) is 5.82 Å². The highest BCUT2D eigenvalue weighted by Gasteiger charge is 2.34. The summed E-state index contributed by atoms with van der Waals surface area (Å²) < 4.78 is 0. The number of carbonyl (C=O) groups is 1. The van der Waals surface area contributed by atoms with Crippen molar-refractivity contribution < 1.29 is 4.79 Å². The first-order chi connectivity index (χ1) is 9.03. The van der Waals surface area contributed by atoms with Crippen LogP contribution in [0.15, 0.2) is 18.3 Å². The molecule has 5 heteroatoms. The van der Waals surface area contributed by atoms with Gasteiger partial charge in [-0.1, -0.05) is 0 Å². The van der Waals surface area contributed by atoms with Crippen LogP contribution in [0, 0.1) is 0 Å². The summed E-state index contributed by atoms with van der Waals surface area (Å²) in [4.78, 5) is 18.6. The Morgan fingerprint density at radius 3 is 2.89 bits per heavy atom. The van der Waals surface area contributed by atoms with Crippen LogP contribution in [0.3, 0.4) is 0 Å². The molecule has 0 aliphatic carbocycles. The number of hydrogen-bond donors (Lipinski definition) is 2. The molecule has 5 nitrogen and oxygen atoms in total. The lowest BCUT2D eigenvalue weighted by molar-refractivity contribution is -0.122. The van der Waals surface area contributed by atoms with Gasteiger partial charge in [-0.2, -0.15) is 0 Å². The van der Waals surface area contributed by atoms with E-state index in [2.05, 4.69) is 15.6 Å². The number of nitrogens with zero attached hydrogens (tertiary/aromatic N) is 2. The van der Waals surface area contributed by atoms with E-state index in [0.29, 0.717) is 0 Å². The molecule has 19 heavy (non-hydrogen) atoms. The molecule has 1 aromatic heterocycles. The SMILES string of the molecule is CN(C)c1ncccc1NC(=O)C1(C)CCCCN1. The van der Waals surface area contributed by atoms with Gasteiger partial charge in [-0.15, -0.1) is 0 Å². The van der Waals surface area contributed by atoms with Crippen molar-refractivity contribution in [2.24, 2.45) is 0 Å². The summed E-state index contributed by atoms with van der Waals surface area (Å²) in [7, 11) is 3.83. The third kappa shape index (κ3) is 3.04. The highest BCUT2D eigenvalue weighted by molar-refractivity contribution is 5.99. The van der Waals surface area contributed by atoms with Crippen LogP contribution in [0.25, 0.3) is 0 Å². The van der Waals surface area contributed by atoms with Gasteiger partial charge in [-0.25, -0.2) is 4.98 Å². The summed E-state index contributed by atoms with van der Waals surface area (Å²) in [6.07, 6.45) is 4.82. The Balaban J connectivity index is 2.14. The Labute approximate surface area is 114 Å². The molecule has 1 unspecified atom stereocenters. The van der Waals surface area contributed by atoms with Crippen molar-refractivity contribution in [3.05, 3.63) is 18.3 Å². The molecule has 1 aliphatic heterocycles. The number of carbonyl (C=O) groups excluding carboxylic acids is 1. The van der Waals surface area contributed by atoms with Crippen LogP contribution in [-0.4, -0.2) is 37.1 Å². The number of rotatable bonds is 3. The smallest absolute Gasteiger partial charge is 0.244 e. The van der Waals surface area contributed by atoms with E-state index in [4.69, 9.17) is 0 Å². The quantitative estimate of drug-likeness (QED) is 0.869. The predicted octanol–water partition coefficient (Wildman–Crippen LogP) is 1.62. The summed E-state index contributed by atoms with van der Waals surface area (Å²) in [6, 6.07) is 3.71. The second kappa shape index (κ2) is 5.57. The van der Waals surface area contributed by atoms with Crippen LogP contribution in [0.1, 0.15) is 26.2 Å². The molecule has 1 atom stereocenters. The molecular formula is C14H22N4O. The lowest BCUT2D eigenvalue weighted by Gasteiger charge is -2.33. The molecule has 0 spiro atoms. The minimum absolute atomic E-state index is 0.0169. The van der Waals surface area contributed by atoms with Gasteiger partial charge in [0.1, 0.15) is 0 Å². The van der Waals surface area contributed by atoms with Gasteiger partial charge >= 0.3 is 0 Å². The molecule has 1 aromatic rings. The molecule has 2 N–H and O–H groups in total. The fourth-order valence-corrected chi connectivity index (χ4v) is 2.36. The van der Waals surface area contributed by atoms with E-state index in [-0.39, 0.29) is 5.91 Å². The normalized spacial score (nSPS) is 22.9. The highest BCUT2D eigenvalue weighted by Crippen LogP contribution is 2.24. The first kappa shape index (κ1) is 13.8. The summed E-state index contributed by atoms with van der Waals surface area (Å²) in [5.74, 6) is 0.790. The van der Waals surface area contributed by atoms with Crippen molar-refractivity contribution in [3.63, 3.8) is 0 Å². The average molecular weight is 262 g/mol. The van der Waals surface area contributed by atoms with Gasteiger partial charge in [0.2, 0.25) is 5.91 Å². The number of hydrogen-bond acceptors (Lipinski definition) is 4. The van der Waals surface area contributed by atoms with E-state index in [1.807, 2.05) is 38.1 Å². The molecule has 0 aromatic carbocycles. The zero-order valence-electron chi connectivity index (χ0n) is 11.9. The van der Waals surface area contributed by atoms with E-state index >= 15 is 0 Å². The van der Waals surface area contributed by atoms with E-state index in [1.165, 1.54) is 0 Å². The number of piperidine rings is 1. The van der Waals surface area contributed by atoms with Gasteiger partial charge in [0.25, 0.3) is 0 Å². The molecule has 0 saturated carbocycles. The van der Waals surface area contributed by atoms with Crippen molar-refractivity contribution in [3.8, 4) is 0 Å². The molecule has 1 fully saturated rings. The van der Waals surface area contributed by atoms with E-state index in [9.17, 15) is 4.79 Å². The number of nitrogens with one attached hydrogen (secondary N) is 2. The van der Waals surface area contributed by atoms with Gasteiger partial charge < -0.3 is 15.5 Å². The fraction of sp³-hybridized carbons (Fsp3) is 0.571. The first-order valence-electron chi connectivity index (χ1n) is 6.72. The van der Waals surface area contributed by atoms with Crippen LogP contribution in [-0.2, 0) is 4.79 Å². The minimum Gasteiger partial charge on any atom is -0.361 e. The summed E-state index contributed by atoms with van der Waals surface area (Å²) >= 11 is 0. The largest absolute Gasteiger partial charge is 0.361 e. The lowest BCUT2D eigenvalue weighted by atomic mass is 9.90. The van der Waals surface area contributed by atoms with Gasteiger partial charge in [-0.05, 0) is 44.9 Å². The van der Waals surface area contributed by atoms with Crippen molar-refractivity contribution in [2.75, 3.05) is 30.9 Å². The maximum atomic E-state index is 12.4. The molecule has 2 heterocycles. The van der Waals surface area contributed by atoms with Crippen molar-refractivity contribution in [1.82, 2.24) is 10.3 Å². The van der Waals surface area contributed by atoms with Crippen molar-refractivity contribution in [2.45, 2.75) is 31.7 Å². The Kier molecular flexibility index (Phi) is 4.04. The molecule has 0 bridgehead atoms. The van der Waals surface area contributed by atoms with Crippen molar-refractivity contribution >= 4 is 17.4 Å². The Morgan fingerprint density at radius 2 is 2.26 bits per heavy atom. The molecule has 104 valence electrons. The summed E-state index contributed by atoms with van der Waals surface area (Å²) in [5, 5.41) is 6.31. The number of aromatic nitrogens is 1. The summed E-state index contributed by atoms with van der Waals surface area (Å²) in [6.45, 7) is 2.87. The van der Waals surface area contributed by atoms with Crippen LogP contribution in [0.2, 0.25) is 0 Å². The second-order valence-electron chi connectivity index (χ2n) is 5.44. The molecule has 1 aliphatic rings. The lowest BCUT2D eigenvalue weighted by Crippen LogP contribution is -2.54. The number of anilines is 2. The van der Waals surface area contributed by atoms with Gasteiger partial charge in [-0.3, -0.25) is 4.79 Å². The summed E-state index contributed by atoms with van der Waals surface area (Å²) in [5.41, 5.74) is 0.281. The monoisotopic (exact) mass is 262 g/mol. The van der Waals surface area contributed by atoms with Crippen LogP contribution in [0.5, 0.6) is 0 Å². The standard InChI is InChI=1S/C14H22N4O/c1-14(8-4-5-10-16-14)13(19)17-11-7-6-9-15-12(11)18(2)3/h6-7,9,16H,4-5,8,10H2,1-3H3,(H,17,19). The second-order valence-corrected chi connectivity index (χ2v) is 5.44. The Hall–Kier alpha value is -1.62. The topological polar surface area (TPSA) is 57.3 Å². The maximum Gasteiger partial charge on any atom is 0.244 e. The van der Waals surface area contributed by atoms with E-state index in [1.54, 1.807) is 6.20 Å². The average Bonchev–Trinajstić information content (AvgIpc) is 2.40. The van der Waals surface area contributed by atoms with Crippen LogP contribution < -0.4 is 15.5 Å². The Morgan fingerprint density at radius 1 is 1.47 bits per heavy atom. The molecule has 1 saturated heterocycles. The molecule has 2 rings (SSSR count). The third-order valence-electron chi connectivity index (χ3n) is 3.58. The molecule has 1 amide bonds. The predicted molar refractivity (Wildman–Crippen MR) is 77.5 cm³/mol. The first-order valence-corrected chi connectivity index (χ1v) is 6.72. The zero-order valence-corrected chi connectivity index (χ0v) is 11.9. The van der Waals surface area contributed by atoms with Crippen LogP contribution >= 0.6 is 0 Å². The van der Waals surface area contributed by atoms with E-state index in [0.717, 1.165) is 37.3 Å². The van der Waals surface area contributed by atoms with E-state index < -0.39 is 5.54 Å². The minimum atomic E-state index is -0.475. The molecule has 0 radical (unpaired) electrons. The molecular weight excluding hydrogens is 240 g/mol.